The number of likely N-dealkylation sites (tertiary alicyclic amines) is 1. The van der Waals surface area contributed by atoms with Gasteiger partial charge in [-0.2, -0.15) is 0 Å². The molecule has 1 spiro atoms. The second kappa shape index (κ2) is 5.36. The Balaban J connectivity index is 1.70. The Morgan fingerprint density at radius 1 is 1.36 bits per heavy atom. The fourth-order valence-electron chi connectivity index (χ4n) is 3.61. The van der Waals surface area contributed by atoms with E-state index in [0.29, 0.717) is 0 Å². The van der Waals surface area contributed by atoms with Crippen LogP contribution in [-0.4, -0.2) is 35.6 Å². The summed E-state index contributed by atoms with van der Waals surface area (Å²) in [4.78, 5) is 14.9. The maximum absolute atomic E-state index is 12.6. The van der Waals surface area contributed by atoms with Crippen molar-refractivity contribution >= 4 is 5.97 Å². The molecule has 1 aliphatic carbocycles. The van der Waals surface area contributed by atoms with Crippen molar-refractivity contribution in [3.63, 3.8) is 0 Å². The third-order valence-electron chi connectivity index (χ3n) is 4.77. The lowest BCUT2D eigenvalue weighted by Gasteiger charge is -2.24. The summed E-state index contributed by atoms with van der Waals surface area (Å²) in [6.07, 6.45) is 0.933. The summed E-state index contributed by atoms with van der Waals surface area (Å²) < 4.78 is 5.62. The average Bonchev–Trinajstić information content (AvgIpc) is 2.90. The zero-order chi connectivity index (χ0) is 16.0. The largest absolute Gasteiger partial charge is 0.460 e. The van der Waals surface area contributed by atoms with Gasteiger partial charge >= 0.3 is 5.97 Å². The van der Waals surface area contributed by atoms with Gasteiger partial charge in [-0.25, -0.2) is 0 Å². The Labute approximate surface area is 132 Å². The first kappa shape index (κ1) is 15.5. The van der Waals surface area contributed by atoms with E-state index >= 15 is 0 Å². The highest BCUT2D eigenvalue weighted by Gasteiger charge is 2.64. The van der Waals surface area contributed by atoms with Crippen LogP contribution in [0, 0.1) is 11.3 Å². The van der Waals surface area contributed by atoms with E-state index < -0.39 is 5.60 Å². The maximum atomic E-state index is 12.6. The minimum atomic E-state index is -0.440. The van der Waals surface area contributed by atoms with Crippen LogP contribution in [0.15, 0.2) is 30.3 Å². The molecule has 4 nitrogen and oxygen atoms in total. The molecule has 4 heteroatoms. The summed E-state index contributed by atoms with van der Waals surface area (Å²) in [5, 5.41) is 0. The molecule has 2 aliphatic rings. The standard InChI is InChI=1S/C18H26N2O2/c1-17(2,3)22-16(21)14-11-20(12-18(14)9-15(18)19)10-13-7-5-4-6-8-13/h4-8,14-15H,9-12,19H2,1-3H3/t14-,15?,18?/m0/s1. The minimum absolute atomic E-state index is 0.0584. The summed E-state index contributed by atoms with van der Waals surface area (Å²) in [6.45, 7) is 8.27. The molecule has 0 aromatic heterocycles. The molecule has 120 valence electrons. The molecule has 3 atom stereocenters. The second-order valence-electron chi connectivity index (χ2n) is 7.79. The normalized spacial score (nSPS) is 31.5. The molecular weight excluding hydrogens is 276 g/mol. The zero-order valence-corrected chi connectivity index (χ0v) is 13.7. The fourth-order valence-corrected chi connectivity index (χ4v) is 3.61. The van der Waals surface area contributed by atoms with Crippen molar-refractivity contribution in [2.75, 3.05) is 13.1 Å². The van der Waals surface area contributed by atoms with Crippen LogP contribution in [0.1, 0.15) is 32.8 Å². The summed E-state index contributed by atoms with van der Waals surface area (Å²) in [6, 6.07) is 10.5. The van der Waals surface area contributed by atoms with Crippen molar-refractivity contribution in [2.24, 2.45) is 17.1 Å². The minimum Gasteiger partial charge on any atom is -0.460 e. The third kappa shape index (κ3) is 3.03. The highest BCUT2D eigenvalue weighted by molar-refractivity contribution is 5.75. The quantitative estimate of drug-likeness (QED) is 0.870. The highest BCUT2D eigenvalue weighted by atomic mass is 16.6. The molecule has 3 rings (SSSR count). The Morgan fingerprint density at radius 3 is 2.55 bits per heavy atom. The van der Waals surface area contributed by atoms with Crippen LogP contribution in [0.3, 0.4) is 0 Å². The van der Waals surface area contributed by atoms with E-state index in [1.165, 1.54) is 5.56 Å². The molecule has 1 saturated carbocycles. The van der Waals surface area contributed by atoms with Gasteiger partial charge in [0.1, 0.15) is 5.60 Å². The number of rotatable bonds is 3. The van der Waals surface area contributed by atoms with Gasteiger partial charge in [-0.15, -0.1) is 0 Å². The number of carbonyl (C=O) groups excluding carboxylic acids is 1. The van der Waals surface area contributed by atoms with Gasteiger partial charge in [0.05, 0.1) is 5.92 Å². The van der Waals surface area contributed by atoms with Crippen LogP contribution in [0.2, 0.25) is 0 Å². The smallest absolute Gasteiger partial charge is 0.311 e. The lowest BCUT2D eigenvalue weighted by molar-refractivity contribution is -0.161. The zero-order valence-electron chi connectivity index (χ0n) is 13.7. The van der Waals surface area contributed by atoms with E-state index in [-0.39, 0.29) is 23.3 Å². The van der Waals surface area contributed by atoms with Crippen LogP contribution >= 0.6 is 0 Å². The van der Waals surface area contributed by atoms with Crippen LogP contribution in [0.5, 0.6) is 0 Å². The first-order chi connectivity index (χ1) is 10.3. The molecule has 0 amide bonds. The Hall–Kier alpha value is -1.39. The Kier molecular flexibility index (Phi) is 3.77. The van der Waals surface area contributed by atoms with Crippen LogP contribution in [-0.2, 0) is 16.1 Å². The second-order valence-corrected chi connectivity index (χ2v) is 7.79. The summed E-state index contributed by atoms with van der Waals surface area (Å²) in [5.41, 5.74) is 6.95. The predicted octanol–water partition coefficient (Wildman–Crippen LogP) is 2.18. The van der Waals surface area contributed by atoms with E-state index in [9.17, 15) is 4.79 Å². The molecule has 1 aliphatic heterocycles. The summed E-state index contributed by atoms with van der Waals surface area (Å²) >= 11 is 0. The molecule has 2 fully saturated rings. The molecule has 0 bridgehead atoms. The van der Waals surface area contributed by atoms with E-state index in [4.69, 9.17) is 10.5 Å². The number of benzene rings is 1. The number of nitrogens with two attached hydrogens (primary N) is 1. The van der Waals surface area contributed by atoms with Gasteiger partial charge in [-0.1, -0.05) is 30.3 Å². The highest BCUT2D eigenvalue weighted by Crippen LogP contribution is 2.55. The summed E-state index contributed by atoms with van der Waals surface area (Å²) in [5.74, 6) is -0.179. The van der Waals surface area contributed by atoms with Crippen molar-refractivity contribution in [2.45, 2.75) is 45.4 Å². The molecule has 2 unspecified atom stereocenters. The molecule has 1 aromatic carbocycles. The third-order valence-corrected chi connectivity index (χ3v) is 4.77. The van der Waals surface area contributed by atoms with E-state index in [1.54, 1.807) is 0 Å². The first-order valence-electron chi connectivity index (χ1n) is 8.05. The lowest BCUT2D eigenvalue weighted by Crippen LogP contribution is -2.35. The van der Waals surface area contributed by atoms with Gasteiger partial charge in [0.15, 0.2) is 0 Å². The van der Waals surface area contributed by atoms with Crippen LogP contribution in [0.25, 0.3) is 0 Å². The number of nitrogens with zero attached hydrogens (tertiary/aromatic N) is 1. The molecular formula is C18H26N2O2. The van der Waals surface area contributed by atoms with Gasteiger partial charge < -0.3 is 10.5 Å². The Morgan fingerprint density at radius 2 is 2.00 bits per heavy atom. The van der Waals surface area contributed by atoms with Gasteiger partial charge in [0, 0.05) is 31.1 Å². The lowest BCUT2D eigenvalue weighted by atomic mass is 9.92. The molecule has 1 saturated heterocycles. The maximum Gasteiger partial charge on any atom is 0.311 e. The summed E-state index contributed by atoms with van der Waals surface area (Å²) in [7, 11) is 0. The van der Waals surface area contributed by atoms with E-state index in [1.807, 2.05) is 26.8 Å². The number of esters is 1. The van der Waals surface area contributed by atoms with Crippen molar-refractivity contribution in [1.82, 2.24) is 4.90 Å². The van der Waals surface area contributed by atoms with Crippen LogP contribution < -0.4 is 5.73 Å². The molecule has 22 heavy (non-hydrogen) atoms. The topological polar surface area (TPSA) is 55.6 Å². The molecule has 1 heterocycles. The Bertz CT molecular complexity index is 552. The van der Waals surface area contributed by atoms with Gasteiger partial charge in [-0.3, -0.25) is 9.69 Å². The van der Waals surface area contributed by atoms with Crippen LogP contribution in [0.4, 0.5) is 0 Å². The van der Waals surface area contributed by atoms with Crippen molar-refractivity contribution in [3.05, 3.63) is 35.9 Å². The average molecular weight is 302 g/mol. The number of ether oxygens (including phenoxy) is 1. The van der Waals surface area contributed by atoms with Crippen molar-refractivity contribution < 1.29 is 9.53 Å². The van der Waals surface area contributed by atoms with Crippen molar-refractivity contribution in [1.29, 1.82) is 0 Å². The molecule has 2 N–H and O–H groups in total. The van der Waals surface area contributed by atoms with Crippen molar-refractivity contribution in [3.8, 4) is 0 Å². The molecule has 1 aromatic rings. The van der Waals surface area contributed by atoms with E-state index in [2.05, 4.69) is 29.2 Å². The van der Waals surface area contributed by atoms with Gasteiger partial charge in [0.25, 0.3) is 0 Å². The monoisotopic (exact) mass is 302 g/mol. The number of hydrogen-bond donors (Lipinski definition) is 1. The SMILES string of the molecule is CC(C)(C)OC(=O)[C@@H]1CN(Cc2ccccc2)CC12CC2N. The number of carbonyl (C=O) groups is 1. The van der Waals surface area contributed by atoms with E-state index in [0.717, 1.165) is 26.1 Å². The van der Waals surface area contributed by atoms with Gasteiger partial charge in [0.2, 0.25) is 0 Å². The van der Waals surface area contributed by atoms with Gasteiger partial charge in [-0.05, 0) is 32.8 Å². The number of hydrogen-bond acceptors (Lipinski definition) is 4. The predicted molar refractivity (Wildman–Crippen MR) is 86.1 cm³/mol. The molecule has 0 radical (unpaired) electrons. The fraction of sp³-hybridized carbons (Fsp3) is 0.611. The first-order valence-corrected chi connectivity index (χ1v) is 8.05.